The second kappa shape index (κ2) is 28.7. The first-order chi connectivity index (χ1) is 14.1. The van der Waals surface area contributed by atoms with Gasteiger partial charge in [0.2, 0.25) is 0 Å². The zero-order chi connectivity index (χ0) is 26.8. The van der Waals surface area contributed by atoms with Crippen LogP contribution >= 0.6 is 15.8 Å². The molecule has 0 atom stereocenters. The Morgan fingerprint density at radius 2 is 0.514 bits per heavy atom. The smallest absolute Gasteiger partial charge is 0.0543 e. The van der Waals surface area contributed by atoms with Crippen LogP contribution < -0.4 is 0 Å². The van der Waals surface area contributed by atoms with Crippen LogP contribution in [0.4, 0.5) is 0 Å². The normalized spacial score (nSPS) is 11.3. The Balaban J connectivity index is -0.0000000585. The average Bonchev–Trinajstić information content (AvgIpc) is 2.53. The van der Waals surface area contributed by atoms with E-state index in [0.29, 0.717) is 0 Å². The summed E-state index contributed by atoms with van der Waals surface area (Å²) in [5.74, 6) is 0. The summed E-state index contributed by atoms with van der Waals surface area (Å²) in [4.78, 5) is 0. The van der Waals surface area contributed by atoms with Crippen LogP contribution in [0.1, 0.15) is 41.5 Å². The number of rotatable bonds is 10. The third-order valence-corrected chi connectivity index (χ3v) is 21.1. The summed E-state index contributed by atoms with van der Waals surface area (Å²) in [6, 6.07) is 0. The van der Waals surface area contributed by atoms with Crippen LogP contribution in [0.3, 0.4) is 0 Å². The van der Waals surface area contributed by atoms with Crippen molar-refractivity contribution >= 4 is 79.9 Å². The van der Waals surface area contributed by atoms with Crippen molar-refractivity contribution in [1.29, 1.82) is 0 Å². The Morgan fingerprint density at radius 3 is 0.514 bits per heavy atom. The molecule has 0 aromatic carbocycles. The van der Waals surface area contributed by atoms with Gasteiger partial charge in [-0.1, -0.05) is 112 Å². The zero-order valence-corrected chi connectivity index (χ0v) is 37.9. The minimum atomic E-state index is -1.11. The molecule has 0 N–H and O–H groups in total. The van der Waals surface area contributed by atoms with E-state index in [1.54, 1.807) is 0 Å². The summed E-state index contributed by atoms with van der Waals surface area (Å²) in [5, 5.41) is 0. The first-order valence-electron chi connectivity index (χ1n) is 13.3. The van der Waals surface area contributed by atoms with E-state index >= 15 is 0 Å². The van der Waals surface area contributed by atoms with E-state index in [2.05, 4.69) is 120 Å². The molecule has 0 saturated carbocycles. The van der Waals surface area contributed by atoms with E-state index in [0.717, 1.165) is 0 Å². The molecule has 0 aliphatic heterocycles. The maximum Gasteiger partial charge on any atom is 0.0543 e. The molecule has 0 aromatic heterocycles. The van der Waals surface area contributed by atoms with Gasteiger partial charge in [0, 0.05) is 38.0 Å². The predicted molar refractivity (Wildman–Crippen MR) is 194 cm³/mol. The predicted octanol–water partition coefficient (Wildman–Crippen LogP) is 9.93. The maximum atomic E-state index is 4.82. The van der Waals surface area contributed by atoms with Crippen molar-refractivity contribution in [3.63, 3.8) is 0 Å². The van der Waals surface area contributed by atoms with Crippen LogP contribution in [0.2, 0.25) is 78.6 Å². The third kappa shape index (κ3) is 62.3. The van der Waals surface area contributed by atoms with Gasteiger partial charge in [-0.15, -0.1) is 0 Å². The van der Waals surface area contributed by atoms with Crippen LogP contribution in [-0.2, 0) is 33.9 Å². The van der Waals surface area contributed by atoms with Gasteiger partial charge in [-0.3, -0.25) is 0 Å². The molecule has 0 rings (SSSR count). The standard InChI is InChI=1S/2C6H18NSi2.2C6H15P.Ge.Pd.H2S/c2*1-8(2,3)7-9(4,5)6;2*1-4-7(5-2)6-3;;;/h2*1-6H3;2*4-6H2,1-3H3;;;1H2/q2*-1;;;;;/p+1. The Morgan fingerprint density at radius 1 is 0.400 bits per heavy atom. The maximum absolute atomic E-state index is 4.82. The molecule has 0 bridgehead atoms. The topological polar surface area (TPSA) is 28.2 Å². The van der Waals surface area contributed by atoms with Crippen molar-refractivity contribution in [3.8, 4) is 0 Å². The minimum Gasteiger partial charge on any atom is -0.813 e. The van der Waals surface area contributed by atoms with Gasteiger partial charge in [0.25, 0.3) is 0 Å². The van der Waals surface area contributed by atoms with E-state index < -0.39 is 32.9 Å². The van der Waals surface area contributed by atoms with Crippen LogP contribution in [-0.4, -0.2) is 87.5 Å². The fourth-order valence-electron chi connectivity index (χ4n) is 3.51. The summed E-state index contributed by atoms with van der Waals surface area (Å²) < 4.78 is 9.64. The fraction of sp³-hybridized carbons (Fsp3) is 1.00. The van der Waals surface area contributed by atoms with Crippen molar-refractivity contribution in [1.82, 2.24) is 0 Å². The van der Waals surface area contributed by atoms with Crippen LogP contribution in [0.25, 0.3) is 9.30 Å². The van der Waals surface area contributed by atoms with Crippen LogP contribution in [0, 0.1) is 0 Å². The van der Waals surface area contributed by atoms with Gasteiger partial charge in [-0.2, -0.15) is 0 Å². The van der Waals surface area contributed by atoms with Gasteiger partial charge >= 0.3 is 0 Å². The molecule has 0 aliphatic carbocycles. The summed E-state index contributed by atoms with van der Waals surface area (Å²) >= 11 is 0. The molecule has 4 radical (unpaired) electrons. The fourth-order valence-corrected chi connectivity index (χ4v) is 22.6. The van der Waals surface area contributed by atoms with E-state index in [1.165, 1.54) is 37.0 Å². The number of thiol groups is 1. The SMILES string of the molecule is CC[PH+](CC)CC.CC[PH+](CC)CC.C[Si](C)(C)[N-][Si](C)(C)C.C[Si](C)(C)[N-][Si](C)(C)C.[Ge].[Pd].[SH-]. The van der Waals surface area contributed by atoms with Crippen molar-refractivity contribution in [2.24, 2.45) is 0 Å². The molecule has 0 amide bonds. The largest absolute Gasteiger partial charge is 0.813 e. The summed E-state index contributed by atoms with van der Waals surface area (Å²) in [6.45, 7) is 41.4. The molecule has 0 aliphatic rings. The quantitative estimate of drug-likeness (QED) is 0.0942. The van der Waals surface area contributed by atoms with Gasteiger partial charge in [0.1, 0.15) is 0 Å². The molecule has 0 saturated heterocycles. The molecule has 222 valence electrons. The first-order valence-corrected chi connectivity index (χ1v) is 31.3. The van der Waals surface area contributed by atoms with Gasteiger partial charge in [-0.05, 0) is 57.4 Å². The monoisotopic (exact) mass is 771 g/mol. The molecule has 0 heterocycles. The Bertz CT molecular complexity index is 337. The molecular formula is C24H69GeN2P2PdSSi4-. The number of hydrogen-bond acceptors (Lipinski definition) is 1. The first kappa shape index (κ1) is 54.3. The minimum absolute atomic E-state index is 0. The number of nitrogens with zero attached hydrogens (tertiary/aromatic N) is 2. The van der Waals surface area contributed by atoms with Gasteiger partial charge in [-0.25, -0.2) is 0 Å². The molecular weight excluding hydrogens is 702 g/mol. The van der Waals surface area contributed by atoms with E-state index in [9.17, 15) is 0 Å². The Hall–Kier alpha value is 3.20. The molecule has 0 spiro atoms. The average molecular weight is 771 g/mol. The molecule has 0 aromatic rings. The van der Waals surface area contributed by atoms with E-state index in [4.69, 9.17) is 9.30 Å². The van der Waals surface area contributed by atoms with Crippen LogP contribution in [0.5, 0.6) is 0 Å². The van der Waals surface area contributed by atoms with Crippen molar-refractivity contribution < 1.29 is 20.4 Å². The van der Waals surface area contributed by atoms with E-state index in [1.807, 2.05) is 0 Å². The van der Waals surface area contributed by atoms with Crippen molar-refractivity contribution in [3.05, 3.63) is 9.30 Å². The Kier molecular flexibility index (Phi) is 44.6. The Labute approximate surface area is 264 Å². The molecule has 0 fully saturated rings. The van der Waals surface area contributed by atoms with Crippen molar-refractivity contribution in [2.45, 2.75) is 120 Å². The third-order valence-electron chi connectivity index (χ3n) is 4.34. The molecule has 11 heteroatoms. The van der Waals surface area contributed by atoms with Crippen molar-refractivity contribution in [2.75, 3.05) is 37.0 Å². The summed E-state index contributed by atoms with van der Waals surface area (Å²) in [5.41, 5.74) is 0. The van der Waals surface area contributed by atoms with E-state index in [-0.39, 0.29) is 67.4 Å². The van der Waals surface area contributed by atoms with Gasteiger partial charge in [0.15, 0.2) is 0 Å². The summed E-state index contributed by atoms with van der Waals surface area (Å²) in [6.07, 6.45) is 8.74. The second-order valence-corrected chi connectivity index (χ2v) is 38.9. The van der Waals surface area contributed by atoms with Gasteiger partial charge < -0.3 is 22.8 Å². The molecule has 0 unspecified atom stereocenters. The molecule has 35 heavy (non-hydrogen) atoms. The molecule has 2 nitrogen and oxygen atoms in total. The van der Waals surface area contributed by atoms with Crippen LogP contribution in [0.15, 0.2) is 0 Å². The van der Waals surface area contributed by atoms with Gasteiger partial charge in [0.05, 0.1) is 37.0 Å². The second-order valence-electron chi connectivity index (χ2n) is 12.5. The zero-order valence-electron chi connectivity index (χ0n) is 27.4. The number of hydrogen-bond donors (Lipinski definition) is 0. The summed E-state index contributed by atoms with van der Waals surface area (Å²) in [7, 11) is -4.15.